The second-order valence-electron chi connectivity index (χ2n) is 6.55. The van der Waals surface area contributed by atoms with Crippen LogP contribution in [0.4, 0.5) is 8.78 Å². The van der Waals surface area contributed by atoms with Gasteiger partial charge in [0.1, 0.15) is 16.5 Å². The third-order valence-corrected chi connectivity index (χ3v) is 6.74. The van der Waals surface area contributed by atoms with Gasteiger partial charge < -0.3 is 10.2 Å². The molecule has 0 aliphatic carbocycles. The van der Waals surface area contributed by atoms with Crippen molar-refractivity contribution in [2.75, 3.05) is 32.7 Å². The van der Waals surface area contributed by atoms with E-state index in [4.69, 9.17) is 11.6 Å². The molecule has 1 N–H and O–H groups in total. The van der Waals surface area contributed by atoms with Crippen LogP contribution < -0.4 is 5.32 Å². The van der Waals surface area contributed by atoms with Gasteiger partial charge in [0.25, 0.3) is 5.91 Å². The van der Waals surface area contributed by atoms with Gasteiger partial charge in [-0.3, -0.25) is 9.59 Å². The van der Waals surface area contributed by atoms with Crippen LogP contribution in [0.5, 0.6) is 0 Å². The summed E-state index contributed by atoms with van der Waals surface area (Å²) in [5.41, 5.74) is 0.309. The highest BCUT2D eigenvalue weighted by Crippen LogP contribution is 2.21. The largest absolute Gasteiger partial charge is 0.343 e. The van der Waals surface area contributed by atoms with E-state index in [1.54, 1.807) is 18.2 Å². The molecule has 1 fully saturated rings. The van der Waals surface area contributed by atoms with E-state index in [1.807, 2.05) is 0 Å². The predicted octanol–water partition coefficient (Wildman–Crippen LogP) is 1.88. The van der Waals surface area contributed by atoms with E-state index >= 15 is 0 Å². The first-order valence-corrected chi connectivity index (χ1v) is 10.8. The Labute approximate surface area is 177 Å². The molecular weight excluding hydrogens is 440 g/mol. The summed E-state index contributed by atoms with van der Waals surface area (Å²) < 4.78 is 53.4. The maximum absolute atomic E-state index is 13.9. The number of carbonyl (C=O) groups excluding carboxylic acids is 2. The Bertz CT molecular complexity index is 1070. The van der Waals surface area contributed by atoms with Crippen LogP contribution in [-0.4, -0.2) is 62.2 Å². The lowest BCUT2D eigenvalue weighted by Crippen LogP contribution is -2.52. The second kappa shape index (κ2) is 9.07. The van der Waals surface area contributed by atoms with Crippen LogP contribution in [0.1, 0.15) is 10.4 Å². The van der Waals surface area contributed by atoms with Crippen molar-refractivity contribution in [1.82, 2.24) is 14.5 Å². The van der Waals surface area contributed by atoms with Crippen LogP contribution in [0, 0.1) is 11.6 Å². The van der Waals surface area contributed by atoms with E-state index in [2.05, 4.69) is 5.32 Å². The summed E-state index contributed by atoms with van der Waals surface area (Å²) >= 11 is 5.83. The van der Waals surface area contributed by atoms with Gasteiger partial charge in [0.2, 0.25) is 15.9 Å². The first kappa shape index (κ1) is 22.1. The lowest BCUT2D eigenvalue weighted by atomic mass is 10.2. The number of rotatable bonds is 5. The topological polar surface area (TPSA) is 86.8 Å². The van der Waals surface area contributed by atoms with Crippen LogP contribution in [0.25, 0.3) is 0 Å². The molecule has 7 nitrogen and oxygen atoms in total. The molecule has 1 aliphatic rings. The fraction of sp³-hybridized carbons (Fsp3) is 0.263. The number of hydrogen-bond donors (Lipinski definition) is 1. The van der Waals surface area contributed by atoms with Crippen molar-refractivity contribution in [3.63, 3.8) is 0 Å². The molecule has 3 rings (SSSR count). The molecule has 0 saturated carbocycles. The molecular formula is C19H18ClF2N3O4S. The summed E-state index contributed by atoms with van der Waals surface area (Å²) in [7, 11) is -4.23. The van der Waals surface area contributed by atoms with Gasteiger partial charge in [-0.1, -0.05) is 17.7 Å². The highest BCUT2D eigenvalue weighted by molar-refractivity contribution is 7.89. The molecule has 2 aromatic rings. The number of carbonyl (C=O) groups is 2. The van der Waals surface area contributed by atoms with Crippen LogP contribution in [0.2, 0.25) is 5.02 Å². The third kappa shape index (κ3) is 4.94. The molecule has 30 heavy (non-hydrogen) atoms. The number of sulfonamides is 1. The number of amides is 2. The molecule has 1 saturated heterocycles. The maximum atomic E-state index is 13.9. The van der Waals surface area contributed by atoms with E-state index in [0.717, 1.165) is 16.4 Å². The predicted molar refractivity (Wildman–Crippen MR) is 105 cm³/mol. The number of piperazine rings is 1. The van der Waals surface area contributed by atoms with E-state index in [9.17, 15) is 26.8 Å². The molecule has 0 radical (unpaired) electrons. The zero-order chi connectivity index (χ0) is 21.9. The molecule has 0 unspecified atom stereocenters. The van der Waals surface area contributed by atoms with Crippen molar-refractivity contribution >= 4 is 33.4 Å². The van der Waals surface area contributed by atoms with Gasteiger partial charge in [0, 0.05) is 36.8 Å². The normalized spacial score (nSPS) is 15.1. The monoisotopic (exact) mass is 457 g/mol. The molecule has 2 aromatic carbocycles. The van der Waals surface area contributed by atoms with Gasteiger partial charge in [-0.05, 0) is 36.4 Å². The summed E-state index contributed by atoms with van der Waals surface area (Å²) in [6.07, 6.45) is 0. The number of hydrogen-bond acceptors (Lipinski definition) is 4. The number of halogens is 3. The Kier molecular flexibility index (Phi) is 6.69. The van der Waals surface area contributed by atoms with Crippen LogP contribution in [0.15, 0.2) is 47.4 Å². The number of nitrogens with zero attached hydrogens (tertiary/aromatic N) is 2. The van der Waals surface area contributed by atoms with Gasteiger partial charge in [0.15, 0.2) is 0 Å². The number of benzene rings is 2. The molecule has 11 heteroatoms. The second-order valence-corrected chi connectivity index (χ2v) is 8.90. The van der Waals surface area contributed by atoms with Crippen LogP contribution in [-0.2, 0) is 14.8 Å². The van der Waals surface area contributed by atoms with Gasteiger partial charge in [0.05, 0.1) is 6.54 Å². The summed E-state index contributed by atoms with van der Waals surface area (Å²) in [6, 6.07) is 8.48. The Morgan fingerprint density at radius 1 is 1.03 bits per heavy atom. The van der Waals surface area contributed by atoms with E-state index in [0.29, 0.717) is 16.7 Å². The lowest BCUT2D eigenvalue weighted by molar-refractivity contribution is -0.131. The highest BCUT2D eigenvalue weighted by atomic mass is 35.5. The Morgan fingerprint density at radius 3 is 2.40 bits per heavy atom. The van der Waals surface area contributed by atoms with E-state index < -0.39 is 32.5 Å². The minimum atomic E-state index is -4.23. The van der Waals surface area contributed by atoms with Crippen molar-refractivity contribution in [1.29, 1.82) is 0 Å². The molecule has 0 atom stereocenters. The van der Waals surface area contributed by atoms with Crippen molar-refractivity contribution < 1.29 is 26.8 Å². The fourth-order valence-corrected chi connectivity index (χ4v) is 4.68. The Morgan fingerprint density at radius 2 is 1.73 bits per heavy atom. The van der Waals surface area contributed by atoms with Gasteiger partial charge in [-0.2, -0.15) is 4.31 Å². The van der Waals surface area contributed by atoms with Crippen LogP contribution >= 0.6 is 11.6 Å². The first-order chi connectivity index (χ1) is 14.2. The molecule has 1 heterocycles. The smallest absolute Gasteiger partial charge is 0.251 e. The summed E-state index contributed by atoms with van der Waals surface area (Å²) in [5, 5.41) is 2.88. The lowest BCUT2D eigenvalue weighted by Gasteiger charge is -2.34. The summed E-state index contributed by atoms with van der Waals surface area (Å²) in [4.78, 5) is 25.1. The third-order valence-electron chi connectivity index (χ3n) is 4.59. The number of nitrogens with one attached hydrogen (secondary N) is 1. The maximum Gasteiger partial charge on any atom is 0.251 e. The minimum absolute atomic E-state index is 0.0576. The van der Waals surface area contributed by atoms with Gasteiger partial charge >= 0.3 is 0 Å². The van der Waals surface area contributed by atoms with Crippen molar-refractivity contribution in [3.8, 4) is 0 Å². The fourth-order valence-electron chi connectivity index (χ4n) is 2.99. The Balaban J connectivity index is 1.56. The van der Waals surface area contributed by atoms with E-state index in [1.165, 1.54) is 11.0 Å². The molecule has 0 spiro atoms. The quantitative estimate of drug-likeness (QED) is 0.742. The first-order valence-electron chi connectivity index (χ1n) is 8.95. The summed E-state index contributed by atoms with van der Waals surface area (Å²) in [5.74, 6) is -2.76. The Hall–Kier alpha value is -2.56. The van der Waals surface area contributed by atoms with Crippen molar-refractivity contribution in [2.45, 2.75) is 4.90 Å². The molecule has 2 amide bonds. The zero-order valence-electron chi connectivity index (χ0n) is 15.6. The molecule has 1 aliphatic heterocycles. The van der Waals surface area contributed by atoms with Crippen molar-refractivity contribution in [2.24, 2.45) is 0 Å². The average molecular weight is 458 g/mol. The summed E-state index contributed by atoms with van der Waals surface area (Å²) in [6.45, 7) is -0.306. The van der Waals surface area contributed by atoms with Crippen molar-refractivity contribution in [3.05, 3.63) is 64.7 Å². The van der Waals surface area contributed by atoms with E-state index in [-0.39, 0.29) is 38.6 Å². The van der Waals surface area contributed by atoms with Gasteiger partial charge in [-0.25, -0.2) is 17.2 Å². The minimum Gasteiger partial charge on any atom is -0.343 e. The highest BCUT2D eigenvalue weighted by Gasteiger charge is 2.32. The molecule has 0 aromatic heterocycles. The van der Waals surface area contributed by atoms with Gasteiger partial charge in [-0.15, -0.1) is 0 Å². The SMILES string of the molecule is O=C(NCC(=O)N1CCN(S(=O)(=O)c2cc(F)ccc2F)CC1)c1cccc(Cl)c1. The molecule has 160 valence electrons. The zero-order valence-corrected chi connectivity index (χ0v) is 17.2. The average Bonchev–Trinajstić information content (AvgIpc) is 2.73. The molecule has 0 bridgehead atoms. The standard InChI is InChI=1S/C19H18ClF2N3O4S/c20-14-3-1-2-13(10-14)19(27)23-12-18(26)24-6-8-25(9-7-24)30(28,29)17-11-15(21)4-5-16(17)22/h1-5,10-11H,6-9,12H2,(H,23,27). The van der Waals surface area contributed by atoms with Crippen LogP contribution in [0.3, 0.4) is 0 Å².